The molecule has 1 aliphatic carbocycles. The van der Waals surface area contributed by atoms with Gasteiger partial charge in [-0.15, -0.1) is 0 Å². The van der Waals surface area contributed by atoms with Crippen LogP contribution in [0.2, 0.25) is 0 Å². The van der Waals surface area contributed by atoms with Crippen molar-refractivity contribution >= 4 is 5.91 Å². The van der Waals surface area contributed by atoms with E-state index >= 15 is 0 Å². The molecule has 1 saturated carbocycles. The molecule has 0 bridgehead atoms. The minimum atomic E-state index is -1.74. The van der Waals surface area contributed by atoms with E-state index in [1.165, 1.54) is 0 Å². The van der Waals surface area contributed by atoms with Gasteiger partial charge in [0.05, 0.1) is 17.7 Å². The van der Waals surface area contributed by atoms with Crippen molar-refractivity contribution in [2.24, 2.45) is 0 Å². The van der Waals surface area contributed by atoms with Gasteiger partial charge in [0.15, 0.2) is 17.4 Å². The number of nitrogens with one attached hydrogen (secondary N) is 1. The molecule has 0 aromatic heterocycles. The topological polar surface area (TPSA) is 69.6 Å². The van der Waals surface area contributed by atoms with Crippen LogP contribution in [-0.2, 0) is 0 Å². The molecule has 1 aliphatic rings. The molecule has 2 unspecified atom stereocenters. The number of hydrogen-bond donors (Lipinski definition) is 3. The highest BCUT2D eigenvalue weighted by atomic mass is 19.2. The van der Waals surface area contributed by atoms with Gasteiger partial charge in [-0.25, -0.2) is 8.78 Å². The maximum Gasteiger partial charge on any atom is 0.254 e. The van der Waals surface area contributed by atoms with Crippen molar-refractivity contribution in [1.29, 1.82) is 0 Å². The monoisotopic (exact) mass is 289 g/mol. The maximum atomic E-state index is 13.6. The number of aliphatic hydroxyl groups is 1. The minimum Gasteiger partial charge on any atom is -0.503 e. The molecule has 3 N–H and O–H groups in total. The molecule has 0 aliphatic heterocycles. The first-order valence-electron chi connectivity index (χ1n) is 6.27. The van der Waals surface area contributed by atoms with Crippen molar-refractivity contribution in [3.63, 3.8) is 0 Å². The van der Waals surface area contributed by atoms with E-state index < -0.39 is 46.8 Å². The number of phenolic OH excluding ortho intramolecular Hbond substituents is 1. The second kappa shape index (κ2) is 5.70. The van der Waals surface area contributed by atoms with Gasteiger partial charge in [0.2, 0.25) is 5.82 Å². The number of hydrogen-bond acceptors (Lipinski definition) is 3. The molecule has 1 amide bonds. The number of amides is 1. The lowest BCUT2D eigenvalue weighted by molar-refractivity contribution is 0.0713. The third-order valence-electron chi connectivity index (χ3n) is 3.42. The highest BCUT2D eigenvalue weighted by Crippen LogP contribution is 2.26. The second-order valence-corrected chi connectivity index (χ2v) is 4.81. The van der Waals surface area contributed by atoms with E-state index in [1.807, 2.05) is 0 Å². The quantitative estimate of drug-likeness (QED) is 0.728. The summed E-state index contributed by atoms with van der Waals surface area (Å²) in [7, 11) is 0. The van der Waals surface area contributed by atoms with Gasteiger partial charge >= 0.3 is 0 Å². The van der Waals surface area contributed by atoms with Gasteiger partial charge in [0.1, 0.15) is 0 Å². The van der Waals surface area contributed by atoms with Crippen molar-refractivity contribution in [1.82, 2.24) is 5.32 Å². The normalized spacial score (nSPS) is 22.6. The molecule has 0 spiro atoms. The number of carbonyl (C=O) groups excluding carboxylic acids is 1. The summed E-state index contributed by atoms with van der Waals surface area (Å²) in [5.74, 6) is -7.30. The van der Waals surface area contributed by atoms with Crippen LogP contribution in [0, 0.1) is 17.5 Å². The molecule has 1 aromatic rings. The third-order valence-corrected chi connectivity index (χ3v) is 3.42. The number of aliphatic hydroxyl groups excluding tert-OH is 1. The van der Waals surface area contributed by atoms with Gasteiger partial charge in [-0.3, -0.25) is 4.79 Å². The molecule has 110 valence electrons. The highest BCUT2D eigenvalue weighted by Gasteiger charge is 2.28. The standard InChI is InChI=1S/C13H14F3NO3/c14-7-5-6(10(15)12(19)11(7)16)13(20)17-8-3-1-2-4-9(8)18/h5,8-9,18-19H,1-4H2,(H,17,20). The Morgan fingerprint density at radius 1 is 1.20 bits per heavy atom. The van der Waals surface area contributed by atoms with Crippen LogP contribution in [0.5, 0.6) is 5.75 Å². The number of rotatable bonds is 2. The van der Waals surface area contributed by atoms with Crippen molar-refractivity contribution in [2.75, 3.05) is 0 Å². The van der Waals surface area contributed by atoms with Crippen LogP contribution >= 0.6 is 0 Å². The van der Waals surface area contributed by atoms with Crippen LogP contribution in [0.4, 0.5) is 13.2 Å². The first-order valence-corrected chi connectivity index (χ1v) is 6.27. The van der Waals surface area contributed by atoms with Crippen molar-refractivity contribution < 1.29 is 28.2 Å². The average molecular weight is 289 g/mol. The Bertz CT molecular complexity index is 536. The molecule has 4 nitrogen and oxygen atoms in total. The van der Waals surface area contributed by atoms with Crippen LogP contribution in [0.1, 0.15) is 36.0 Å². The molecule has 7 heteroatoms. The highest BCUT2D eigenvalue weighted by molar-refractivity contribution is 5.95. The summed E-state index contributed by atoms with van der Waals surface area (Å²) in [6.07, 6.45) is 1.90. The lowest BCUT2D eigenvalue weighted by atomic mass is 9.92. The average Bonchev–Trinajstić information content (AvgIpc) is 2.43. The Morgan fingerprint density at radius 3 is 2.50 bits per heavy atom. The second-order valence-electron chi connectivity index (χ2n) is 4.81. The predicted octanol–water partition coefficient (Wildman–Crippen LogP) is 1.84. The summed E-state index contributed by atoms with van der Waals surface area (Å²) in [4.78, 5) is 11.8. The van der Waals surface area contributed by atoms with E-state index in [2.05, 4.69) is 5.32 Å². The fraction of sp³-hybridized carbons (Fsp3) is 0.462. The summed E-state index contributed by atoms with van der Waals surface area (Å²) in [5, 5.41) is 21.1. The summed E-state index contributed by atoms with van der Waals surface area (Å²) < 4.78 is 39.6. The summed E-state index contributed by atoms with van der Waals surface area (Å²) in [5.41, 5.74) is -0.792. The zero-order valence-electron chi connectivity index (χ0n) is 10.5. The molecule has 2 atom stereocenters. The Labute approximate surface area is 113 Å². The lowest BCUT2D eigenvalue weighted by Crippen LogP contribution is -2.45. The molecule has 2 rings (SSSR count). The van der Waals surface area contributed by atoms with Gasteiger partial charge in [0, 0.05) is 0 Å². The number of benzene rings is 1. The Morgan fingerprint density at radius 2 is 1.85 bits per heavy atom. The zero-order chi connectivity index (χ0) is 14.9. The SMILES string of the molecule is O=C(NC1CCCCC1O)c1cc(F)c(F)c(O)c1F. The predicted molar refractivity (Wildman–Crippen MR) is 63.7 cm³/mol. The number of phenols is 1. The van der Waals surface area contributed by atoms with Crippen LogP contribution < -0.4 is 5.32 Å². The Balaban J connectivity index is 2.21. The lowest BCUT2D eigenvalue weighted by Gasteiger charge is -2.28. The number of halogens is 3. The molecule has 1 aromatic carbocycles. The molecular formula is C13H14F3NO3. The minimum absolute atomic E-state index is 0.384. The van der Waals surface area contributed by atoms with E-state index in [4.69, 9.17) is 5.11 Å². The van der Waals surface area contributed by atoms with Crippen molar-refractivity contribution in [3.8, 4) is 5.75 Å². The molecule has 0 radical (unpaired) electrons. The molecule has 1 fully saturated rings. The summed E-state index contributed by atoms with van der Waals surface area (Å²) in [6.45, 7) is 0. The molecule has 20 heavy (non-hydrogen) atoms. The number of carbonyl (C=O) groups is 1. The maximum absolute atomic E-state index is 13.6. The Hall–Kier alpha value is -1.76. The fourth-order valence-corrected chi connectivity index (χ4v) is 2.28. The van der Waals surface area contributed by atoms with Gasteiger partial charge in [-0.2, -0.15) is 4.39 Å². The van der Waals surface area contributed by atoms with E-state index in [9.17, 15) is 23.1 Å². The van der Waals surface area contributed by atoms with Crippen molar-refractivity contribution in [2.45, 2.75) is 37.8 Å². The van der Waals surface area contributed by atoms with Crippen molar-refractivity contribution in [3.05, 3.63) is 29.1 Å². The van der Waals surface area contributed by atoms with Gasteiger partial charge in [0.25, 0.3) is 5.91 Å². The summed E-state index contributed by atoms with van der Waals surface area (Å²) >= 11 is 0. The molecule has 0 saturated heterocycles. The zero-order valence-corrected chi connectivity index (χ0v) is 10.5. The third kappa shape index (κ3) is 2.72. The Kier molecular flexibility index (Phi) is 4.17. The molecule has 0 heterocycles. The van der Waals surface area contributed by atoms with Gasteiger partial charge in [-0.05, 0) is 18.9 Å². The number of aromatic hydroxyl groups is 1. The first kappa shape index (κ1) is 14.6. The van der Waals surface area contributed by atoms with E-state index in [0.717, 1.165) is 12.8 Å². The van der Waals surface area contributed by atoms with E-state index in [-0.39, 0.29) is 0 Å². The molecular weight excluding hydrogens is 275 g/mol. The fourth-order valence-electron chi connectivity index (χ4n) is 2.28. The van der Waals surface area contributed by atoms with Crippen LogP contribution in [0.3, 0.4) is 0 Å². The first-order chi connectivity index (χ1) is 9.41. The van der Waals surface area contributed by atoms with Crippen LogP contribution in [0.15, 0.2) is 6.07 Å². The summed E-state index contributed by atoms with van der Waals surface area (Å²) in [6, 6.07) is -0.180. The largest absolute Gasteiger partial charge is 0.503 e. The van der Waals surface area contributed by atoms with Crippen LogP contribution in [-0.4, -0.2) is 28.3 Å². The van der Waals surface area contributed by atoms with Crippen LogP contribution in [0.25, 0.3) is 0 Å². The smallest absolute Gasteiger partial charge is 0.254 e. The van der Waals surface area contributed by atoms with E-state index in [1.54, 1.807) is 0 Å². The van der Waals surface area contributed by atoms with E-state index in [0.29, 0.717) is 18.9 Å². The van der Waals surface area contributed by atoms with Gasteiger partial charge < -0.3 is 15.5 Å². The van der Waals surface area contributed by atoms with Gasteiger partial charge in [-0.1, -0.05) is 12.8 Å².